The Kier molecular flexibility index (Phi) is 10.7. The van der Waals surface area contributed by atoms with Gasteiger partial charge in [-0.3, -0.25) is 29.8 Å². The number of nitrogens with two attached hydrogens (primary N) is 1. The van der Waals surface area contributed by atoms with Gasteiger partial charge < -0.3 is 10.8 Å². The molecule has 1 unspecified atom stereocenters. The van der Waals surface area contributed by atoms with E-state index in [0.717, 1.165) is 17.0 Å². The number of nitrogens with zero attached hydrogens (tertiary/aromatic N) is 2. The number of hydrogen-bond acceptors (Lipinski definition) is 7. The Morgan fingerprint density at radius 1 is 1.24 bits per heavy atom. The zero-order valence-electron chi connectivity index (χ0n) is 22.6. The first-order valence-corrected chi connectivity index (χ1v) is 13.5. The number of nitrogen functional groups attached to an aromatic ring is 1. The molecule has 9 nitrogen and oxygen atoms in total. The minimum absolute atomic E-state index is 0.0559. The van der Waals surface area contributed by atoms with Gasteiger partial charge >= 0.3 is 12.1 Å². The van der Waals surface area contributed by atoms with E-state index < -0.39 is 40.5 Å². The van der Waals surface area contributed by atoms with Crippen LogP contribution < -0.4 is 11.2 Å². The second-order valence-electron chi connectivity index (χ2n) is 9.70. The average molecular weight is 597 g/mol. The molecule has 2 atom stereocenters. The lowest BCUT2D eigenvalue weighted by Crippen LogP contribution is -2.45. The van der Waals surface area contributed by atoms with Crippen molar-refractivity contribution in [3.63, 3.8) is 0 Å². The second-order valence-corrected chi connectivity index (χ2v) is 10.1. The molecule has 2 aromatic rings. The molecule has 0 spiro atoms. The van der Waals surface area contributed by atoms with Crippen LogP contribution in [0.15, 0.2) is 41.4 Å². The van der Waals surface area contributed by atoms with Crippen molar-refractivity contribution in [2.24, 2.45) is 10.9 Å². The van der Waals surface area contributed by atoms with Gasteiger partial charge in [0.15, 0.2) is 0 Å². The molecule has 0 saturated carbocycles. The summed E-state index contributed by atoms with van der Waals surface area (Å²) in [5.41, 5.74) is 8.44. The maximum atomic E-state index is 13.6. The van der Waals surface area contributed by atoms with Crippen molar-refractivity contribution in [2.45, 2.75) is 51.6 Å². The van der Waals surface area contributed by atoms with Crippen LogP contribution >= 0.6 is 11.6 Å². The molecule has 0 bridgehead atoms. The molecule has 222 valence electrons. The predicted octanol–water partition coefficient (Wildman–Crippen LogP) is 5.08. The SMILES string of the molecule is CCC[C@@H](CC(=O)N1CC(NOCC)=NCC(Cc2ccc(Cl)c(C(F)(F)F)c2)C1=O)c1ccc(C(=O)O)c(N)c1. The lowest BCUT2D eigenvalue weighted by molar-refractivity contribution is -0.146. The topological polar surface area (TPSA) is 134 Å². The number of amides is 2. The predicted molar refractivity (Wildman–Crippen MR) is 148 cm³/mol. The molecule has 1 aliphatic rings. The number of amidine groups is 1. The van der Waals surface area contributed by atoms with E-state index in [0.29, 0.717) is 18.4 Å². The number of hydrogen-bond donors (Lipinski definition) is 3. The third-order valence-corrected chi connectivity index (χ3v) is 7.04. The van der Waals surface area contributed by atoms with Crippen LogP contribution in [0.2, 0.25) is 5.02 Å². The van der Waals surface area contributed by atoms with Gasteiger partial charge in [-0.2, -0.15) is 13.2 Å². The highest BCUT2D eigenvalue weighted by molar-refractivity contribution is 6.31. The standard InChI is InChI=1S/C28H32ClF3N4O5/c1-3-5-17(18-7-8-20(27(39)40)23(33)12-18)13-25(37)36-15-24(35-41-4-2)34-14-19(26(36)38)10-16-6-9-22(29)21(11-16)28(30,31)32/h6-9,11-12,17,19H,3-5,10,13-15,33H2,1-2H3,(H,34,35)(H,39,40)/t17-,19?/m0/s1. The minimum Gasteiger partial charge on any atom is -0.478 e. The fourth-order valence-corrected chi connectivity index (χ4v) is 4.89. The van der Waals surface area contributed by atoms with Gasteiger partial charge in [0.05, 0.1) is 41.8 Å². The lowest BCUT2D eigenvalue weighted by atomic mass is 9.89. The summed E-state index contributed by atoms with van der Waals surface area (Å²) < 4.78 is 40.2. The Labute approximate surface area is 240 Å². The molecular formula is C28H32ClF3N4O5. The summed E-state index contributed by atoms with van der Waals surface area (Å²) in [7, 11) is 0. The van der Waals surface area contributed by atoms with Crippen molar-refractivity contribution in [3.05, 3.63) is 63.7 Å². The number of hydroxylamine groups is 1. The molecule has 4 N–H and O–H groups in total. The normalized spacial score (nSPS) is 16.6. The molecule has 0 saturated heterocycles. The summed E-state index contributed by atoms with van der Waals surface area (Å²) in [4.78, 5) is 49.2. The number of halogens is 4. The van der Waals surface area contributed by atoms with Crippen molar-refractivity contribution in [3.8, 4) is 0 Å². The summed E-state index contributed by atoms with van der Waals surface area (Å²) >= 11 is 5.75. The zero-order chi connectivity index (χ0) is 30.3. The van der Waals surface area contributed by atoms with Crippen molar-refractivity contribution in [1.29, 1.82) is 0 Å². The Morgan fingerprint density at radius 3 is 2.59 bits per heavy atom. The summed E-state index contributed by atoms with van der Waals surface area (Å²) in [6, 6.07) is 7.94. The van der Waals surface area contributed by atoms with Crippen molar-refractivity contribution >= 4 is 40.9 Å². The largest absolute Gasteiger partial charge is 0.478 e. The number of carbonyl (C=O) groups excluding carboxylic acids is 2. The van der Waals surface area contributed by atoms with Crippen LogP contribution in [0.25, 0.3) is 0 Å². The fourth-order valence-electron chi connectivity index (χ4n) is 4.67. The molecular weight excluding hydrogens is 565 g/mol. The number of nitrogens with one attached hydrogen (secondary N) is 1. The van der Waals surface area contributed by atoms with Gasteiger partial charge in [-0.25, -0.2) is 4.79 Å². The van der Waals surface area contributed by atoms with Gasteiger partial charge in [0.1, 0.15) is 5.84 Å². The molecule has 2 aromatic carbocycles. The molecule has 13 heteroatoms. The van der Waals surface area contributed by atoms with Crippen LogP contribution in [0.5, 0.6) is 0 Å². The first kappa shape index (κ1) is 31.9. The van der Waals surface area contributed by atoms with Crippen molar-refractivity contribution in [1.82, 2.24) is 10.4 Å². The number of carbonyl (C=O) groups is 3. The van der Waals surface area contributed by atoms with Crippen LogP contribution in [0.4, 0.5) is 18.9 Å². The lowest BCUT2D eigenvalue weighted by Gasteiger charge is -2.26. The van der Waals surface area contributed by atoms with Gasteiger partial charge in [0.2, 0.25) is 11.8 Å². The number of imide groups is 1. The highest BCUT2D eigenvalue weighted by Gasteiger charge is 2.36. The highest BCUT2D eigenvalue weighted by Crippen LogP contribution is 2.36. The quantitative estimate of drug-likeness (QED) is 0.257. The number of carboxylic acid groups (broad SMARTS) is 1. The first-order valence-electron chi connectivity index (χ1n) is 13.1. The van der Waals surface area contributed by atoms with Crippen LogP contribution in [0.1, 0.15) is 66.1 Å². The van der Waals surface area contributed by atoms with Gasteiger partial charge in [-0.15, -0.1) is 0 Å². The van der Waals surface area contributed by atoms with Crippen molar-refractivity contribution in [2.75, 3.05) is 25.4 Å². The first-order chi connectivity index (χ1) is 19.3. The van der Waals surface area contributed by atoms with Crippen LogP contribution in [0, 0.1) is 5.92 Å². The van der Waals surface area contributed by atoms with E-state index in [1.54, 1.807) is 13.0 Å². The molecule has 2 amide bonds. The fraction of sp³-hybridized carbons (Fsp3) is 0.429. The number of benzene rings is 2. The van der Waals surface area contributed by atoms with Crippen LogP contribution in [0.3, 0.4) is 0 Å². The van der Waals surface area contributed by atoms with E-state index in [1.165, 1.54) is 18.2 Å². The van der Waals surface area contributed by atoms with E-state index in [-0.39, 0.29) is 61.1 Å². The smallest absolute Gasteiger partial charge is 0.417 e. The number of alkyl halides is 3. The average Bonchev–Trinajstić information content (AvgIpc) is 3.06. The van der Waals surface area contributed by atoms with Gasteiger partial charge in [-0.1, -0.05) is 37.1 Å². The number of rotatable bonds is 10. The number of anilines is 1. The van der Waals surface area contributed by atoms with E-state index in [2.05, 4.69) is 10.5 Å². The van der Waals surface area contributed by atoms with Crippen molar-refractivity contribution < 1.29 is 37.5 Å². The van der Waals surface area contributed by atoms with Crippen LogP contribution in [-0.2, 0) is 27.0 Å². The molecule has 1 aliphatic heterocycles. The maximum Gasteiger partial charge on any atom is 0.417 e. The summed E-state index contributed by atoms with van der Waals surface area (Å²) in [5, 5.41) is 8.83. The molecule has 0 aliphatic carbocycles. The monoisotopic (exact) mass is 596 g/mol. The Hall–Kier alpha value is -3.64. The Balaban J connectivity index is 1.89. The summed E-state index contributed by atoms with van der Waals surface area (Å²) in [6.07, 6.45) is -3.59. The van der Waals surface area contributed by atoms with Crippen LogP contribution in [-0.4, -0.2) is 53.3 Å². The molecule has 0 aromatic heterocycles. The minimum atomic E-state index is -4.67. The molecule has 1 heterocycles. The number of carboxylic acids is 1. The molecule has 3 rings (SSSR count). The molecule has 0 fully saturated rings. The van der Waals surface area contributed by atoms with Gasteiger partial charge in [-0.05, 0) is 61.1 Å². The molecule has 41 heavy (non-hydrogen) atoms. The maximum absolute atomic E-state index is 13.6. The van der Waals surface area contributed by atoms with E-state index >= 15 is 0 Å². The van der Waals surface area contributed by atoms with Gasteiger partial charge in [0.25, 0.3) is 0 Å². The van der Waals surface area contributed by atoms with E-state index in [9.17, 15) is 32.7 Å². The van der Waals surface area contributed by atoms with Gasteiger partial charge in [0, 0.05) is 12.1 Å². The van der Waals surface area contributed by atoms with E-state index in [4.69, 9.17) is 22.2 Å². The Bertz CT molecular complexity index is 1320. The number of aromatic carboxylic acids is 1. The number of aliphatic imine (C=N–C) groups is 1. The second kappa shape index (κ2) is 13.8. The summed E-state index contributed by atoms with van der Waals surface area (Å²) in [6.45, 7) is 3.66. The zero-order valence-corrected chi connectivity index (χ0v) is 23.4. The Morgan fingerprint density at radius 2 is 1.98 bits per heavy atom. The third kappa shape index (κ3) is 8.20. The van der Waals surface area contributed by atoms with E-state index in [1.807, 2.05) is 6.92 Å². The highest BCUT2D eigenvalue weighted by atomic mass is 35.5. The summed E-state index contributed by atoms with van der Waals surface area (Å²) in [5.74, 6) is -3.32. The molecule has 0 radical (unpaired) electrons. The third-order valence-electron chi connectivity index (χ3n) is 6.71.